The Morgan fingerprint density at radius 3 is 2.65 bits per heavy atom. The Balaban J connectivity index is 1.48. The summed E-state index contributed by atoms with van der Waals surface area (Å²) in [6.45, 7) is 2.04. The highest BCUT2D eigenvalue weighted by atomic mass is 32.2. The van der Waals surface area contributed by atoms with E-state index in [9.17, 15) is 0 Å². The highest BCUT2D eigenvalue weighted by molar-refractivity contribution is 7.98. The van der Waals surface area contributed by atoms with E-state index in [1.807, 2.05) is 55.5 Å². The molecule has 0 aliphatic rings. The van der Waals surface area contributed by atoms with E-state index < -0.39 is 0 Å². The minimum absolute atomic E-state index is 0.526. The molecule has 4 aromatic rings. The van der Waals surface area contributed by atoms with Crippen molar-refractivity contribution in [1.29, 1.82) is 0 Å². The molecular formula is C17H13N3O2S. The van der Waals surface area contributed by atoms with Crippen molar-refractivity contribution in [3.05, 3.63) is 59.9 Å². The molecule has 0 N–H and O–H groups in total. The fraction of sp³-hybridized carbons (Fsp3) is 0.118. The van der Waals surface area contributed by atoms with Crippen LogP contribution in [-0.2, 0) is 5.75 Å². The third kappa shape index (κ3) is 2.98. The quantitative estimate of drug-likeness (QED) is 0.516. The van der Waals surface area contributed by atoms with E-state index in [-0.39, 0.29) is 0 Å². The third-order valence-electron chi connectivity index (χ3n) is 3.37. The van der Waals surface area contributed by atoms with E-state index >= 15 is 0 Å². The van der Waals surface area contributed by atoms with Gasteiger partial charge in [-0.1, -0.05) is 46.7 Å². The predicted octanol–water partition coefficient (Wildman–Crippen LogP) is 4.48. The lowest BCUT2D eigenvalue weighted by Crippen LogP contribution is -1.84. The number of aryl methyl sites for hydroxylation is 1. The second-order valence-electron chi connectivity index (χ2n) is 5.12. The Kier molecular flexibility index (Phi) is 3.59. The van der Waals surface area contributed by atoms with Crippen LogP contribution in [0.3, 0.4) is 0 Å². The topological polar surface area (TPSA) is 65.0 Å². The molecule has 0 spiro atoms. The maximum Gasteiger partial charge on any atom is 0.257 e. The van der Waals surface area contributed by atoms with Crippen LogP contribution in [0.5, 0.6) is 0 Å². The lowest BCUT2D eigenvalue weighted by molar-refractivity contribution is 0.425. The average Bonchev–Trinajstić information content (AvgIpc) is 3.20. The first-order valence-corrected chi connectivity index (χ1v) is 8.14. The summed E-state index contributed by atoms with van der Waals surface area (Å²) in [6, 6.07) is 15.7. The van der Waals surface area contributed by atoms with Gasteiger partial charge in [0.1, 0.15) is 5.52 Å². The van der Waals surface area contributed by atoms with Gasteiger partial charge in [0.15, 0.2) is 11.4 Å². The minimum Gasteiger partial charge on any atom is -0.431 e. The van der Waals surface area contributed by atoms with Crippen LogP contribution in [0.4, 0.5) is 0 Å². The van der Waals surface area contributed by atoms with Gasteiger partial charge < -0.3 is 8.94 Å². The van der Waals surface area contributed by atoms with Crippen LogP contribution in [0.2, 0.25) is 0 Å². The minimum atomic E-state index is 0.526. The fourth-order valence-electron chi connectivity index (χ4n) is 2.17. The molecule has 0 radical (unpaired) electrons. The Labute approximate surface area is 136 Å². The molecule has 2 aromatic heterocycles. The van der Waals surface area contributed by atoms with Gasteiger partial charge in [0, 0.05) is 5.56 Å². The van der Waals surface area contributed by atoms with E-state index in [0.717, 1.165) is 16.7 Å². The molecule has 23 heavy (non-hydrogen) atoms. The van der Waals surface area contributed by atoms with E-state index in [0.29, 0.717) is 22.7 Å². The van der Waals surface area contributed by atoms with Gasteiger partial charge >= 0.3 is 0 Å². The van der Waals surface area contributed by atoms with Crippen molar-refractivity contribution >= 4 is 22.9 Å². The Bertz CT molecular complexity index is 911. The largest absolute Gasteiger partial charge is 0.431 e. The lowest BCUT2D eigenvalue weighted by Gasteiger charge is -1.94. The molecule has 5 nitrogen and oxygen atoms in total. The number of thioether (sulfide) groups is 1. The van der Waals surface area contributed by atoms with Gasteiger partial charge in [-0.25, -0.2) is 4.98 Å². The molecule has 2 aromatic carbocycles. The Hall–Kier alpha value is -2.60. The molecule has 0 aliphatic carbocycles. The molecule has 0 saturated carbocycles. The highest BCUT2D eigenvalue weighted by Gasteiger charge is 2.11. The van der Waals surface area contributed by atoms with Gasteiger partial charge in [-0.05, 0) is 31.2 Å². The maximum absolute atomic E-state index is 5.66. The molecule has 4 rings (SSSR count). The van der Waals surface area contributed by atoms with E-state index in [2.05, 4.69) is 15.1 Å². The van der Waals surface area contributed by atoms with Crippen LogP contribution < -0.4 is 0 Å². The normalized spacial score (nSPS) is 11.2. The zero-order chi connectivity index (χ0) is 15.6. The standard InChI is InChI=1S/C17H13N3O2S/c1-11-6-8-12(9-7-11)16-19-15(20-22-16)10-23-17-18-13-4-2-3-5-14(13)21-17/h2-9H,10H2,1H3. The van der Waals surface area contributed by atoms with Crippen LogP contribution in [0.15, 0.2) is 62.7 Å². The molecule has 0 saturated heterocycles. The fourth-order valence-corrected chi connectivity index (χ4v) is 2.85. The van der Waals surface area contributed by atoms with Gasteiger partial charge in [-0.15, -0.1) is 0 Å². The third-order valence-corrected chi connectivity index (χ3v) is 4.19. The number of hydrogen-bond acceptors (Lipinski definition) is 6. The summed E-state index contributed by atoms with van der Waals surface area (Å²) in [7, 11) is 0. The van der Waals surface area contributed by atoms with Crippen molar-refractivity contribution in [2.24, 2.45) is 0 Å². The first-order valence-electron chi connectivity index (χ1n) is 7.16. The van der Waals surface area contributed by atoms with Crippen molar-refractivity contribution in [2.45, 2.75) is 17.9 Å². The van der Waals surface area contributed by atoms with Crippen molar-refractivity contribution in [1.82, 2.24) is 15.1 Å². The van der Waals surface area contributed by atoms with Crippen LogP contribution in [0.25, 0.3) is 22.6 Å². The van der Waals surface area contributed by atoms with Gasteiger partial charge in [0.25, 0.3) is 11.1 Å². The van der Waals surface area contributed by atoms with Crippen molar-refractivity contribution < 1.29 is 8.94 Å². The van der Waals surface area contributed by atoms with E-state index in [1.54, 1.807) is 0 Å². The number of aromatic nitrogens is 3. The lowest BCUT2D eigenvalue weighted by atomic mass is 10.1. The average molecular weight is 323 g/mol. The zero-order valence-corrected chi connectivity index (χ0v) is 13.2. The number of oxazole rings is 1. The second kappa shape index (κ2) is 5.89. The number of fused-ring (bicyclic) bond motifs is 1. The summed E-state index contributed by atoms with van der Waals surface area (Å²) in [5, 5.41) is 4.61. The molecule has 0 unspecified atom stereocenters. The monoisotopic (exact) mass is 323 g/mol. The summed E-state index contributed by atoms with van der Waals surface area (Å²) < 4.78 is 11.0. The number of para-hydroxylation sites is 2. The number of nitrogens with zero attached hydrogens (tertiary/aromatic N) is 3. The maximum atomic E-state index is 5.66. The summed E-state index contributed by atoms with van der Waals surface area (Å²) >= 11 is 1.45. The molecule has 6 heteroatoms. The molecule has 0 fully saturated rings. The molecule has 0 aliphatic heterocycles. The summed E-state index contributed by atoms with van der Waals surface area (Å²) in [5.74, 6) is 1.69. The summed E-state index contributed by atoms with van der Waals surface area (Å²) in [6.07, 6.45) is 0. The predicted molar refractivity (Wildman–Crippen MR) is 88.0 cm³/mol. The Morgan fingerprint density at radius 2 is 1.83 bits per heavy atom. The molecule has 0 amide bonds. The summed E-state index contributed by atoms with van der Waals surface area (Å²) in [5.41, 5.74) is 3.74. The van der Waals surface area contributed by atoms with Crippen molar-refractivity contribution in [3.8, 4) is 11.5 Å². The number of benzene rings is 2. The zero-order valence-electron chi connectivity index (χ0n) is 12.4. The van der Waals surface area contributed by atoms with E-state index in [1.165, 1.54) is 17.3 Å². The molecule has 2 heterocycles. The van der Waals surface area contributed by atoms with Gasteiger partial charge in [-0.2, -0.15) is 4.98 Å². The van der Waals surface area contributed by atoms with Crippen molar-refractivity contribution in [2.75, 3.05) is 0 Å². The molecular weight excluding hydrogens is 310 g/mol. The van der Waals surface area contributed by atoms with Crippen LogP contribution >= 0.6 is 11.8 Å². The van der Waals surface area contributed by atoms with Crippen LogP contribution in [0, 0.1) is 6.92 Å². The molecule has 114 valence electrons. The summed E-state index contributed by atoms with van der Waals surface area (Å²) in [4.78, 5) is 8.82. The first-order chi connectivity index (χ1) is 11.3. The van der Waals surface area contributed by atoms with Crippen molar-refractivity contribution in [3.63, 3.8) is 0 Å². The highest BCUT2D eigenvalue weighted by Crippen LogP contribution is 2.26. The van der Waals surface area contributed by atoms with E-state index in [4.69, 9.17) is 8.94 Å². The van der Waals surface area contributed by atoms with Crippen LogP contribution in [-0.4, -0.2) is 15.1 Å². The SMILES string of the molecule is Cc1ccc(-c2nc(CSc3nc4ccccc4o3)no2)cc1. The smallest absolute Gasteiger partial charge is 0.257 e. The Morgan fingerprint density at radius 1 is 1.00 bits per heavy atom. The number of hydrogen-bond donors (Lipinski definition) is 0. The number of rotatable bonds is 4. The van der Waals surface area contributed by atoms with Gasteiger partial charge in [0.2, 0.25) is 0 Å². The second-order valence-corrected chi connectivity index (χ2v) is 6.04. The molecule has 0 atom stereocenters. The van der Waals surface area contributed by atoms with Crippen LogP contribution in [0.1, 0.15) is 11.4 Å². The first kappa shape index (κ1) is 14.0. The van der Waals surface area contributed by atoms with Gasteiger partial charge in [-0.3, -0.25) is 0 Å². The van der Waals surface area contributed by atoms with Gasteiger partial charge in [0.05, 0.1) is 5.75 Å². The molecule has 0 bridgehead atoms.